The zero-order chi connectivity index (χ0) is 13.8. The summed E-state index contributed by atoms with van der Waals surface area (Å²) in [5, 5.41) is 2.68. The van der Waals surface area contributed by atoms with Gasteiger partial charge in [-0.05, 0) is 0 Å². The van der Waals surface area contributed by atoms with Gasteiger partial charge in [0.1, 0.15) is 17.4 Å². The van der Waals surface area contributed by atoms with E-state index in [1.807, 2.05) is 0 Å². The molecule has 0 fully saturated rings. The lowest BCUT2D eigenvalue weighted by molar-refractivity contribution is 0.359. The van der Waals surface area contributed by atoms with Crippen LogP contribution in [0.15, 0.2) is 18.2 Å². The minimum absolute atomic E-state index is 0.0197. The zero-order valence-corrected chi connectivity index (χ0v) is 10.1. The van der Waals surface area contributed by atoms with Crippen LogP contribution in [0.4, 0.5) is 14.7 Å². The van der Waals surface area contributed by atoms with Crippen molar-refractivity contribution in [2.75, 3.05) is 19.5 Å². The lowest BCUT2D eigenvalue weighted by atomic mass is 10.3. The minimum Gasteiger partial charge on any atom is -0.467 e. The number of halogens is 2. The van der Waals surface area contributed by atoms with E-state index < -0.39 is 11.6 Å². The summed E-state index contributed by atoms with van der Waals surface area (Å²) < 4.78 is 36.0. The highest BCUT2D eigenvalue weighted by Crippen LogP contribution is 2.22. The average Bonchev–Trinajstić information content (AvgIpc) is 2.37. The molecular formula is C11H10F2N4O2. The Hall–Kier alpha value is -2.51. The first kappa shape index (κ1) is 12.9. The molecule has 0 saturated carbocycles. The molecule has 1 heterocycles. The van der Waals surface area contributed by atoms with E-state index in [0.717, 1.165) is 18.2 Å². The van der Waals surface area contributed by atoms with E-state index in [1.165, 1.54) is 7.11 Å². The SMILES string of the molecule is CNc1nc(OC)nc(Oc2cc(F)cc(F)c2)n1. The van der Waals surface area contributed by atoms with Gasteiger partial charge in [-0.25, -0.2) is 8.78 Å². The summed E-state index contributed by atoms with van der Waals surface area (Å²) in [6.45, 7) is 0. The molecule has 0 aliphatic rings. The van der Waals surface area contributed by atoms with E-state index in [1.54, 1.807) is 7.05 Å². The van der Waals surface area contributed by atoms with Crippen molar-refractivity contribution in [1.82, 2.24) is 15.0 Å². The molecule has 100 valence electrons. The molecule has 2 rings (SSSR count). The molecule has 1 aromatic heterocycles. The molecule has 0 amide bonds. The van der Waals surface area contributed by atoms with E-state index in [9.17, 15) is 8.78 Å². The molecule has 1 aromatic carbocycles. The van der Waals surface area contributed by atoms with E-state index in [4.69, 9.17) is 9.47 Å². The summed E-state index contributed by atoms with van der Waals surface area (Å²) >= 11 is 0. The van der Waals surface area contributed by atoms with E-state index in [0.29, 0.717) is 0 Å². The topological polar surface area (TPSA) is 69.2 Å². The van der Waals surface area contributed by atoms with Crippen molar-refractivity contribution >= 4 is 5.95 Å². The largest absolute Gasteiger partial charge is 0.467 e. The van der Waals surface area contributed by atoms with Gasteiger partial charge in [0.05, 0.1) is 7.11 Å². The maximum atomic E-state index is 13.0. The number of rotatable bonds is 4. The van der Waals surface area contributed by atoms with Crippen LogP contribution in [0, 0.1) is 11.6 Å². The quantitative estimate of drug-likeness (QED) is 0.914. The lowest BCUT2D eigenvalue weighted by Crippen LogP contribution is -2.03. The molecule has 0 saturated heterocycles. The van der Waals surface area contributed by atoms with Crippen LogP contribution < -0.4 is 14.8 Å². The first-order valence-corrected chi connectivity index (χ1v) is 5.22. The van der Waals surface area contributed by atoms with Gasteiger partial charge in [0, 0.05) is 25.2 Å². The number of nitrogens with one attached hydrogen (secondary N) is 1. The monoisotopic (exact) mass is 268 g/mol. The first-order chi connectivity index (χ1) is 9.10. The van der Waals surface area contributed by atoms with Crippen LogP contribution >= 0.6 is 0 Å². The minimum atomic E-state index is -0.759. The maximum Gasteiger partial charge on any atom is 0.330 e. The molecule has 0 bridgehead atoms. The van der Waals surface area contributed by atoms with Crippen LogP contribution in [0.5, 0.6) is 17.8 Å². The second kappa shape index (κ2) is 5.42. The highest BCUT2D eigenvalue weighted by Gasteiger charge is 2.09. The second-order valence-corrected chi connectivity index (χ2v) is 3.39. The molecule has 1 N–H and O–H groups in total. The maximum absolute atomic E-state index is 13.0. The van der Waals surface area contributed by atoms with Crippen molar-refractivity contribution in [2.24, 2.45) is 0 Å². The van der Waals surface area contributed by atoms with Crippen LogP contribution in [0.1, 0.15) is 0 Å². The number of benzene rings is 1. The van der Waals surface area contributed by atoms with E-state index in [-0.39, 0.29) is 23.7 Å². The smallest absolute Gasteiger partial charge is 0.330 e. The molecular weight excluding hydrogens is 258 g/mol. The Morgan fingerprint density at radius 3 is 2.21 bits per heavy atom. The highest BCUT2D eigenvalue weighted by molar-refractivity contribution is 5.30. The van der Waals surface area contributed by atoms with Crippen molar-refractivity contribution in [3.8, 4) is 17.8 Å². The van der Waals surface area contributed by atoms with Gasteiger partial charge >= 0.3 is 12.0 Å². The molecule has 2 aromatic rings. The van der Waals surface area contributed by atoms with Gasteiger partial charge in [0.2, 0.25) is 5.95 Å². The van der Waals surface area contributed by atoms with Crippen molar-refractivity contribution in [2.45, 2.75) is 0 Å². The van der Waals surface area contributed by atoms with Crippen LogP contribution in [-0.4, -0.2) is 29.1 Å². The lowest BCUT2D eigenvalue weighted by Gasteiger charge is -2.07. The zero-order valence-electron chi connectivity index (χ0n) is 10.1. The molecule has 0 radical (unpaired) electrons. The third-order valence-electron chi connectivity index (χ3n) is 2.05. The third-order valence-corrected chi connectivity index (χ3v) is 2.05. The Kier molecular flexibility index (Phi) is 3.69. The van der Waals surface area contributed by atoms with Gasteiger partial charge in [-0.1, -0.05) is 0 Å². The van der Waals surface area contributed by atoms with E-state index >= 15 is 0 Å². The first-order valence-electron chi connectivity index (χ1n) is 5.22. The normalized spacial score (nSPS) is 10.1. The number of methoxy groups -OCH3 is 1. The number of ether oxygens (including phenoxy) is 2. The molecule has 19 heavy (non-hydrogen) atoms. The fourth-order valence-electron chi connectivity index (χ4n) is 1.28. The molecule has 0 unspecified atom stereocenters. The van der Waals surface area contributed by atoms with Gasteiger partial charge in [0.25, 0.3) is 0 Å². The van der Waals surface area contributed by atoms with Crippen molar-refractivity contribution in [1.29, 1.82) is 0 Å². The van der Waals surface area contributed by atoms with Gasteiger partial charge in [0.15, 0.2) is 0 Å². The molecule has 0 aliphatic heterocycles. The Bertz CT molecular complexity index is 552. The van der Waals surface area contributed by atoms with Gasteiger partial charge in [-0.2, -0.15) is 9.97 Å². The van der Waals surface area contributed by atoms with Gasteiger partial charge in [-0.15, -0.1) is 4.98 Å². The Labute approximate surface area is 107 Å². The van der Waals surface area contributed by atoms with Crippen LogP contribution in [-0.2, 0) is 0 Å². The Balaban J connectivity index is 2.31. The predicted octanol–water partition coefficient (Wildman–Crippen LogP) is 1.99. The molecule has 8 heteroatoms. The molecule has 6 nitrogen and oxygen atoms in total. The van der Waals surface area contributed by atoms with Crippen molar-refractivity contribution < 1.29 is 18.3 Å². The number of aromatic nitrogens is 3. The van der Waals surface area contributed by atoms with Crippen LogP contribution in [0.3, 0.4) is 0 Å². The number of nitrogens with zero attached hydrogens (tertiary/aromatic N) is 3. The summed E-state index contributed by atoms with van der Waals surface area (Å²) in [5.74, 6) is -1.37. The second-order valence-electron chi connectivity index (χ2n) is 3.39. The summed E-state index contributed by atoms with van der Waals surface area (Å²) in [7, 11) is 2.97. The van der Waals surface area contributed by atoms with Crippen molar-refractivity contribution in [3.05, 3.63) is 29.8 Å². The Morgan fingerprint density at radius 1 is 1.00 bits per heavy atom. The average molecular weight is 268 g/mol. The number of anilines is 1. The summed E-state index contributed by atoms with van der Waals surface area (Å²) in [6.07, 6.45) is 0. The van der Waals surface area contributed by atoms with Gasteiger partial charge < -0.3 is 14.8 Å². The fraction of sp³-hybridized carbons (Fsp3) is 0.182. The third kappa shape index (κ3) is 3.24. The molecule has 0 atom stereocenters. The summed E-state index contributed by atoms with van der Waals surface area (Å²) in [4.78, 5) is 11.5. The summed E-state index contributed by atoms with van der Waals surface area (Å²) in [5.41, 5.74) is 0. The molecule has 0 spiro atoms. The fourth-order valence-corrected chi connectivity index (χ4v) is 1.28. The Morgan fingerprint density at radius 2 is 1.63 bits per heavy atom. The predicted molar refractivity (Wildman–Crippen MR) is 62.4 cm³/mol. The number of hydrogen-bond donors (Lipinski definition) is 1. The van der Waals surface area contributed by atoms with Gasteiger partial charge in [-0.3, -0.25) is 0 Å². The standard InChI is InChI=1S/C11H10F2N4O2/c1-14-9-15-10(18-2)17-11(16-9)19-8-4-6(12)3-7(13)5-8/h3-5H,1-2H3,(H,14,15,16,17). The van der Waals surface area contributed by atoms with Crippen molar-refractivity contribution in [3.63, 3.8) is 0 Å². The number of hydrogen-bond acceptors (Lipinski definition) is 6. The highest BCUT2D eigenvalue weighted by atomic mass is 19.1. The molecule has 0 aliphatic carbocycles. The summed E-state index contributed by atoms with van der Waals surface area (Å²) in [6, 6.07) is 2.64. The van der Waals surface area contributed by atoms with E-state index in [2.05, 4.69) is 20.3 Å². The van der Waals surface area contributed by atoms with Crippen LogP contribution in [0.25, 0.3) is 0 Å². The van der Waals surface area contributed by atoms with Crippen LogP contribution in [0.2, 0.25) is 0 Å².